The average molecular weight is 243 g/mol. The molecule has 0 bridgehead atoms. The van der Waals surface area contributed by atoms with Gasteiger partial charge in [0.2, 0.25) is 0 Å². The first-order chi connectivity index (χ1) is 8.79. The molecule has 0 saturated carbocycles. The molecule has 0 spiro atoms. The quantitative estimate of drug-likeness (QED) is 0.849. The molecule has 3 heterocycles. The van der Waals surface area contributed by atoms with Gasteiger partial charge in [-0.3, -0.25) is 9.88 Å². The van der Waals surface area contributed by atoms with Crippen LogP contribution in [0.5, 0.6) is 0 Å². The third-order valence-corrected chi connectivity index (χ3v) is 3.37. The summed E-state index contributed by atoms with van der Waals surface area (Å²) in [4.78, 5) is 11.3. The summed E-state index contributed by atoms with van der Waals surface area (Å²) in [7, 11) is 2.12. The van der Waals surface area contributed by atoms with Gasteiger partial charge in [-0.25, -0.2) is 4.98 Å². The van der Waals surface area contributed by atoms with E-state index in [9.17, 15) is 0 Å². The second kappa shape index (κ2) is 4.51. The lowest BCUT2D eigenvalue weighted by Gasteiger charge is -2.25. The van der Waals surface area contributed by atoms with Crippen molar-refractivity contribution >= 4 is 0 Å². The van der Waals surface area contributed by atoms with Crippen molar-refractivity contribution in [3.8, 4) is 11.5 Å². The Morgan fingerprint density at radius 2 is 2.22 bits per heavy atom. The fraction of sp³-hybridized carbons (Fsp3) is 0.385. The molecule has 2 aromatic rings. The number of rotatable bonds is 2. The molecule has 0 amide bonds. The van der Waals surface area contributed by atoms with Gasteiger partial charge in [0, 0.05) is 32.4 Å². The van der Waals surface area contributed by atoms with E-state index in [0.29, 0.717) is 6.54 Å². The lowest BCUT2D eigenvalue weighted by molar-refractivity contribution is 0.269. The SMILES string of the molecule is CN1CCn2c(-c3ccccn3)nc(CN)c2C1. The molecule has 94 valence electrons. The third kappa shape index (κ3) is 1.81. The Morgan fingerprint density at radius 1 is 1.33 bits per heavy atom. The Balaban J connectivity index is 2.12. The maximum absolute atomic E-state index is 5.80. The molecule has 0 saturated heterocycles. The van der Waals surface area contributed by atoms with Gasteiger partial charge in [-0.1, -0.05) is 6.07 Å². The molecule has 2 N–H and O–H groups in total. The van der Waals surface area contributed by atoms with Crippen molar-refractivity contribution in [2.75, 3.05) is 13.6 Å². The van der Waals surface area contributed by atoms with E-state index in [1.807, 2.05) is 18.2 Å². The number of hydrogen-bond acceptors (Lipinski definition) is 4. The van der Waals surface area contributed by atoms with Gasteiger partial charge in [-0.15, -0.1) is 0 Å². The summed E-state index contributed by atoms with van der Waals surface area (Å²) in [6.45, 7) is 3.38. The van der Waals surface area contributed by atoms with Gasteiger partial charge in [0.25, 0.3) is 0 Å². The topological polar surface area (TPSA) is 60.0 Å². The molecule has 1 aliphatic rings. The Hall–Kier alpha value is -1.72. The largest absolute Gasteiger partial charge is 0.325 e. The molecule has 5 heteroatoms. The monoisotopic (exact) mass is 243 g/mol. The Kier molecular flexibility index (Phi) is 2.85. The van der Waals surface area contributed by atoms with Crippen LogP contribution in [0.2, 0.25) is 0 Å². The van der Waals surface area contributed by atoms with Crippen molar-refractivity contribution in [2.45, 2.75) is 19.6 Å². The van der Waals surface area contributed by atoms with E-state index in [1.54, 1.807) is 6.20 Å². The zero-order chi connectivity index (χ0) is 12.5. The van der Waals surface area contributed by atoms with Gasteiger partial charge in [0.15, 0.2) is 5.82 Å². The molecule has 2 aromatic heterocycles. The van der Waals surface area contributed by atoms with Crippen molar-refractivity contribution in [3.05, 3.63) is 35.8 Å². The van der Waals surface area contributed by atoms with Gasteiger partial charge in [-0.05, 0) is 19.2 Å². The van der Waals surface area contributed by atoms with Crippen molar-refractivity contribution < 1.29 is 0 Å². The number of nitrogens with two attached hydrogens (primary N) is 1. The fourth-order valence-corrected chi connectivity index (χ4v) is 2.41. The van der Waals surface area contributed by atoms with E-state index in [2.05, 4.69) is 26.5 Å². The highest BCUT2D eigenvalue weighted by molar-refractivity contribution is 5.51. The van der Waals surface area contributed by atoms with Crippen LogP contribution in [-0.2, 0) is 19.6 Å². The Bertz CT molecular complexity index is 546. The highest BCUT2D eigenvalue weighted by atomic mass is 15.2. The van der Waals surface area contributed by atoms with Crippen LogP contribution in [0.25, 0.3) is 11.5 Å². The standard InChI is InChI=1S/C13H17N5/c1-17-6-7-18-12(9-17)11(8-14)16-13(18)10-4-2-3-5-15-10/h2-5H,6-9,14H2,1H3. The number of pyridine rings is 1. The second-order valence-corrected chi connectivity index (χ2v) is 4.64. The summed E-state index contributed by atoms with van der Waals surface area (Å²) in [5, 5.41) is 0. The van der Waals surface area contributed by atoms with Gasteiger partial charge >= 0.3 is 0 Å². The average Bonchev–Trinajstić information content (AvgIpc) is 2.77. The van der Waals surface area contributed by atoms with E-state index < -0.39 is 0 Å². The smallest absolute Gasteiger partial charge is 0.159 e. The van der Waals surface area contributed by atoms with E-state index in [1.165, 1.54) is 5.69 Å². The molecule has 1 aliphatic heterocycles. The highest BCUT2D eigenvalue weighted by Gasteiger charge is 2.22. The van der Waals surface area contributed by atoms with Crippen molar-refractivity contribution in [1.82, 2.24) is 19.4 Å². The van der Waals surface area contributed by atoms with Gasteiger partial charge in [0.1, 0.15) is 5.69 Å². The molecule has 0 fully saturated rings. The zero-order valence-corrected chi connectivity index (χ0v) is 10.5. The molecule has 0 aliphatic carbocycles. The van der Waals surface area contributed by atoms with E-state index >= 15 is 0 Å². The first kappa shape index (κ1) is 11.4. The molecule has 0 aromatic carbocycles. The summed E-state index contributed by atoms with van der Waals surface area (Å²) >= 11 is 0. The molecule has 0 unspecified atom stereocenters. The number of aromatic nitrogens is 3. The summed E-state index contributed by atoms with van der Waals surface area (Å²) in [6, 6.07) is 5.90. The van der Waals surface area contributed by atoms with Gasteiger partial charge < -0.3 is 10.3 Å². The van der Waals surface area contributed by atoms with Crippen LogP contribution < -0.4 is 5.73 Å². The van der Waals surface area contributed by atoms with Crippen LogP contribution in [0.15, 0.2) is 24.4 Å². The van der Waals surface area contributed by atoms with Gasteiger partial charge in [-0.2, -0.15) is 0 Å². The summed E-state index contributed by atoms with van der Waals surface area (Å²) < 4.78 is 2.25. The number of likely N-dealkylation sites (N-methyl/N-ethyl adjacent to an activating group) is 1. The minimum Gasteiger partial charge on any atom is -0.325 e. The van der Waals surface area contributed by atoms with Crippen LogP contribution in [0, 0.1) is 0 Å². The molecular weight excluding hydrogens is 226 g/mol. The minimum absolute atomic E-state index is 0.482. The lowest BCUT2D eigenvalue weighted by atomic mass is 10.2. The molecule has 18 heavy (non-hydrogen) atoms. The minimum atomic E-state index is 0.482. The molecule has 5 nitrogen and oxygen atoms in total. The molecule has 0 atom stereocenters. The number of fused-ring (bicyclic) bond motifs is 1. The first-order valence-corrected chi connectivity index (χ1v) is 6.18. The van der Waals surface area contributed by atoms with Crippen LogP contribution >= 0.6 is 0 Å². The summed E-state index contributed by atoms with van der Waals surface area (Å²) in [6.07, 6.45) is 1.80. The molecule has 3 rings (SSSR count). The van der Waals surface area contributed by atoms with Crippen molar-refractivity contribution in [1.29, 1.82) is 0 Å². The van der Waals surface area contributed by atoms with Crippen molar-refractivity contribution in [3.63, 3.8) is 0 Å². The number of nitrogens with zero attached hydrogens (tertiary/aromatic N) is 4. The lowest BCUT2D eigenvalue weighted by Crippen LogP contribution is -2.31. The number of imidazole rings is 1. The normalized spacial score (nSPS) is 15.7. The predicted molar refractivity (Wildman–Crippen MR) is 69.7 cm³/mol. The van der Waals surface area contributed by atoms with E-state index in [4.69, 9.17) is 5.73 Å². The van der Waals surface area contributed by atoms with Crippen LogP contribution in [0.4, 0.5) is 0 Å². The second-order valence-electron chi connectivity index (χ2n) is 4.64. The van der Waals surface area contributed by atoms with E-state index in [-0.39, 0.29) is 0 Å². The summed E-state index contributed by atoms with van der Waals surface area (Å²) in [5.41, 5.74) is 8.93. The summed E-state index contributed by atoms with van der Waals surface area (Å²) in [5.74, 6) is 0.944. The fourth-order valence-electron chi connectivity index (χ4n) is 2.41. The van der Waals surface area contributed by atoms with Gasteiger partial charge in [0.05, 0.1) is 11.4 Å². The van der Waals surface area contributed by atoms with Crippen LogP contribution in [0.3, 0.4) is 0 Å². The zero-order valence-electron chi connectivity index (χ0n) is 10.5. The van der Waals surface area contributed by atoms with Crippen LogP contribution in [0.1, 0.15) is 11.4 Å². The molecule has 0 radical (unpaired) electrons. The van der Waals surface area contributed by atoms with E-state index in [0.717, 1.165) is 36.8 Å². The molecular formula is C13H17N5. The van der Waals surface area contributed by atoms with Crippen LogP contribution in [-0.4, -0.2) is 33.0 Å². The highest BCUT2D eigenvalue weighted by Crippen LogP contribution is 2.24. The Labute approximate surface area is 106 Å². The van der Waals surface area contributed by atoms with Crippen molar-refractivity contribution in [2.24, 2.45) is 5.73 Å². The third-order valence-electron chi connectivity index (χ3n) is 3.37. The first-order valence-electron chi connectivity index (χ1n) is 6.18. The maximum atomic E-state index is 5.80. The predicted octanol–water partition coefficient (Wildman–Crippen LogP) is 0.849. The number of hydrogen-bond donors (Lipinski definition) is 1. The maximum Gasteiger partial charge on any atom is 0.159 e. The Morgan fingerprint density at radius 3 is 2.94 bits per heavy atom.